The zero-order valence-electron chi connectivity index (χ0n) is 39.5. The first-order valence-corrected chi connectivity index (χ1v) is 27.6. The Labute approximate surface area is 433 Å². The molecule has 8 heterocycles. The summed E-state index contributed by atoms with van der Waals surface area (Å²) >= 11 is 7.63. The van der Waals surface area contributed by atoms with Gasteiger partial charge < -0.3 is 60.8 Å². The summed E-state index contributed by atoms with van der Waals surface area (Å²) in [5.41, 5.74) is 3.41. The lowest BCUT2D eigenvalue weighted by atomic mass is 9.98. The number of rotatable bonds is 13. The number of aromatic nitrogens is 6. The molecule has 0 spiro atoms. The van der Waals surface area contributed by atoms with Crippen LogP contribution in [0.3, 0.4) is 0 Å². The van der Waals surface area contributed by atoms with Crippen molar-refractivity contribution in [3.05, 3.63) is 95.6 Å². The normalized spacial score (nSPS) is 34.5. The zero-order chi connectivity index (χ0) is 50.0. The molecule has 15 atom stereocenters. The Morgan fingerprint density at radius 1 is 0.535 bits per heavy atom. The summed E-state index contributed by atoms with van der Waals surface area (Å²) in [6, 6.07) is 19.3. The molecule has 4 aromatic rings. The van der Waals surface area contributed by atoms with Crippen LogP contribution in [0.1, 0.15) is 43.3 Å². The van der Waals surface area contributed by atoms with Crippen LogP contribution >= 0.6 is 51.2 Å². The number of aryl methyl sites for hydroxylation is 2. The van der Waals surface area contributed by atoms with E-state index in [0.29, 0.717) is 44.5 Å². The van der Waals surface area contributed by atoms with Gasteiger partial charge in [0.1, 0.15) is 65.1 Å². The van der Waals surface area contributed by atoms with Crippen molar-refractivity contribution in [1.82, 2.24) is 45.9 Å². The Hall–Kier alpha value is -3.70. The quantitative estimate of drug-likeness (QED) is 0.0841. The molecule has 6 fully saturated rings. The molecular formula is C46H63BrN12O9S3. The van der Waals surface area contributed by atoms with Gasteiger partial charge in [0.25, 0.3) is 0 Å². The van der Waals surface area contributed by atoms with Crippen molar-refractivity contribution in [2.75, 3.05) is 25.0 Å². The first-order chi connectivity index (χ1) is 34.4. The molecule has 0 saturated carbocycles. The molecule has 2 aromatic carbocycles. The fourth-order valence-corrected chi connectivity index (χ4v) is 12.8. The Balaban J connectivity index is 0.000000148. The molecular weight excluding hydrogens is 1040 g/mol. The molecule has 25 heteroatoms. The van der Waals surface area contributed by atoms with Gasteiger partial charge in [0.2, 0.25) is 0 Å². The standard InChI is InChI=1S/C19H25N5O3S.C18H23N5O3S.C9H15BrN2O3S/c1-2-20-19-21-15-17(26)16(25)14(27-18(15)28-19)11-24-10-13(22-23-24)9-8-12-6-4-3-5-7-12;1-2-19-18-20-14-16(25)15(24)13(26-17(14)27-18)10-23-9-12(21-22-23)8-11-6-4-3-5-7-11;1-2-11-9-12-5-7(14)6(13)4(3-10)15-8(5)16-9/h3-7,10,14-18,25-26H,2,8-9,11H2,1H3,(H,20,21);3-7,9,13-17,24-25H,2,8,10H2,1H3,(H,19,20);4-8,13-14H,2-3H2,1H3,(H,11,12)/t14-,15-,16-,17-,18-;13-,14-,15-,16-,17-;4-,5-,6-,7-,8-/m111/s1. The number of ether oxygens (including phenoxy) is 3. The highest BCUT2D eigenvalue weighted by Crippen LogP contribution is 2.37. The number of aliphatic imine (C=N–C) groups is 3. The summed E-state index contributed by atoms with van der Waals surface area (Å²) in [5, 5.41) is 90.5. The average molecular weight is 1100 g/mol. The van der Waals surface area contributed by atoms with E-state index in [1.165, 1.54) is 40.8 Å². The van der Waals surface area contributed by atoms with Crippen LogP contribution in [-0.4, -0.2) is 190 Å². The van der Waals surface area contributed by atoms with E-state index >= 15 is 0 Å². The number of amidine groups is 3. The molecule has 0 radical (unpaired) electrons. The minimum absolute atomic E-state index is 0.175. The number of alkyl halides is 1. The Bertz CT molecular complexity index is 2390. The van der Waals surface area contributed by atoms with Crippen molar-refractivity contribution >= 4 is 66.7 Å². The fraction of sp³-hybridized carbons (Fsp3) is 0.587. The maximum absolute atomic E-state index is 10.5. The number of aliphatic hydroxyl groups excluding tert-OH is 6. The van der Waals surface area contributed by atoms with Crippen molar-refractivity contribution in [3.63, 3.8) is 0 Å². The highest BCUT2D eigenvalue weighted by atomic mass is 79.9. The molecule has 6 saturated heterocycles. The molecule has 386 valence electrons. The van der Waals surface area contributed by atoms with Gasteiger partial charge in [-0.15, -0.1) is 10.2 Å². The van der Waals surface area contributed by atoms with Gasteiger partial charge in [0.05, 0.1) is 48.7 Å². The van der Waals surface area contributed by atoms with Gasteiger partial charge in [-0.05, 0) is 44.7 Å². The summed E-state index contributed by atoms with van der Waals surface area (Å²) in [5.74, 6) is 0. The number of benzene rings is 2. The summed E-state index contributed by atoms with van der Waals surface area (Å²) in [6.45, 7) is 8.50. The van der Waals surface area contributed by atoms with Crippen LogP contribution in [0.2, 0.25) is 0 Å². The van der Waals surface area contributed by atoms with E-state index in [2.05, 4.69) is 79.6 Å². The van der Waals surface area contributed by atoms with Gasteiger partial charge in [0.15, 0.2) is 15.5 Å². The largest absolute Gasteiger partial charge is 0.388 e. The average Bonchev–Trinajstić information content (AvgIpc) is 4.24. The number of hydrogen-bond donors (Lipinski definition) is 9. The first-order valence-electron chi connectivity index (χ1n) is 23.8. The Morgan fingerprint density at radius 2 is 0.930 bits per heavy atom. The van der Waals surface area contributed by atoms with E-state index in [1.54, 1.807) is 9.36 Å². The fourth-order valence-electron chi connectivity index (χ4n) is 8.67. The van der Waals surface area contributed by atoms with E-state index in [1.807, 2.05) is 81.7 Å². The van der Waals surface area contributed by atoms with Crippen LogP contribution in [0.15, 0.2) is 88.0 Å². The van der Waals surface area contributed by atoms with Crippen LogP contribution in [0.25, 0.3) is 0 Å². The topological polar surface area (TPSA) is 284 Å². The van der Waals surface area contributed by atoms with E-state index < -0.39 is 48.8 Å². The molecule has 10 rings (SSSR count). The van der Waals surface area contributed by atoms with E-state index in [-0.39, 0.29) is 40.5 Å². The molecule has 0 unspecified atom stereocenters. The van der Waals surface area contributed by atoms with Crippen LogP contribution in [-0.2, 0) is 46.6 Å². The second kappa shape index (κ2) is 25.5. The molecule has 6 aliphatic rings. The van der Waals surface area contributed by atoms with Crippen molar-refractivity contribution in [3.8, 4) is 0 Å². The number of nitrogens with zero attached hydrogens (tertiary/aromatic N) is 9. The molecule has 6 aliphatic heterocycles. The number of thioether (sulfide) groups is 3. The van der Waals surface area contributed by atoms with Gasteiger partial charge in [-0.2, -0.15) is 0 Å². The Morgan fingerprint density at radius 3 is 1.37 bits per heavy atom. The lowest BCUT2D eigenvalue weighted by Crippen LogP contribution is -2.59. The summed E-state index contributed by atoms with van der Waals surface area (Å²) in [6.07, 6.45) is -0.952. The second-order valence-electron chi connectivity index (χ2n) is 17.4. The van der Waals surface area contributed by atoms with Crippen molar-refractivity contribution < 1.29 is 44.8 Å². The lowest BCUT2D eigenvalue weighted by molar-refractivity contribution is -0.160. The van der Waals surface area contributed by atoms with Gasteiger partial charge >= 0.3 is 0 Å². The van der Waals surface area contributed by atoms with Crippen molar-refractivity contribution in [2.24, 2.45) is 15.0 Å². The molecule has 0 aliphatic carbocycles. The maximum Gasteiger partial charge on any atom is 0.159 e. The summed E-state index contributed by atoms with van der Waals surface area (Å²) in [7, 11) is 0. The first kappa shape index (κ1) is 53.6. The van der Waals surface area contributed by atoms with Crippen LogP contribution < -0.4 is 16.0 Å². The summed E-state index contributed by atoms with van der Waals surface area (Å²) < 4.78 is 21.1. The maximum atomic E-state index is 10.5. The van der Waals surface area contributed by atoms with E-state index in [4.69, 9.17) is 14.2 Å². The zero-order valence-corrected chi connectivity index (χ0v) is 43.5. The predicted octanol–water partition coefficient (Wildman–Crippen LogP) is 0.896. The number of nitrogens with one attached hydrogen (secondary N) is 3. The Kier molecular flexibility index (Phi) is 19.2. The number of aliphatic hydroxyl groups is 6. The lowest BCUT2D eigenvalue weighted by Gasteiger charge is -2.38. The molecule has 9 N–H and O–H groups in total. The monoisotopic (exact) mass is 1100 g/mol. The van der Waals surface area contributed by atoms with Crippen LogP contribution in [0, 0.1) is 0 Å². The minimum atomic E-state index is -1.01. The highest BCUT2D eigenvalue weighted by Gasteiger charge is 2.51. The van der Waals surface area contributed by atoms with Crippen molar-refractivity contribution in [2.45, 2.75) is 142 Å². The highest BCUT2D eigenvalue weighted by molar-refractivity contribution is 9.09. The predicted molar refractivity (Wildman–Crippen MR) is 276 cm³/mol. The number of hydrogen-bond acceptors (Lipinski definition) is 19. The molecule has 0 bridgehead atoms. The van der Waals surface area contributed by atoms with E-state index in [0.717, 1.165) is 45.3 Å². The molecule has 2 aromatic heterocycles. The third-order valence-corrected chi connectivity index (χ3v) is 16.3. The number of fused-ring (bicyclic) bond motifs is 3. The molecule has 0 amide bonds. The third-order valence-electron chi connectivity index (χ3n) is 12.4. The van der Waals surface area contributed by atoms with Gasteiger partial charge in [0, 0.05) is 43.8 Å². The smallest absolute Gasteiger partial charge is 0.159 e. The minimum Gasteiger partial charge on any atom is -0.388 e. The SMILES string of the molecule is CCN=C1N[C@@H]2[C@@H](O)[C@H](O)[C@@H](CBr)O[C@@H]2S1.CCN=C1N[C@@H]2[C@@H](O)[C@H](O)[C@@H](Cn3cc(CCc4ccccc4)nn3)O[C@@H]2S1.CCN=C1N[C@@H]2[C@@H](O)[C@H](O)[C@@H](Cn3cc(Cc4ccccc4)nn3)O[C@@H]2S1. The van der Waals surface area contributed by atoms with Crippen molar-refractivity contribution in [1.29, 1.82) is 0 Å². The van der Waals surface area contributed by atoms with Crippen LogP contribution in [0.4, 0.5) is 0 Å². The van der Waals surface area contributed by atoms with Crippen LogP contribution in [0.5, 0.6) is 0 Å². The van der Waals surface area contributed by atoms with Gasteiger partial charge in [-0.3, -0.25) is 15.0 Å². The van der Waals surface area contributed by atoms with Gasteiger partial charge in [-0.1, -0.05) is 122 Å². The summed E-state index contributed by atoms with van der Waals surface area (Å²) in [4.78, 5) is 12.9. The number of halogens is 1. The molecule has 71 heavy (non-hydrogen) atoms. The molecule has 21 nitrogen and oxygen atoms in total. The third kappa shape index (κ3) is 13.5. The van der Waals surface area contributed by atoms with Gasteiger partial charge in [-0.25, -0.2) is 9.36 Å². The second-order valence-corrected chi connectivity index (χ2v) is 21.3. The van der Waals surface area contributed by atoms with E-state index in [9.17, 15) is 30.6 Å².